The van der Waals surface area contributed by atoms with E-state index in [2.05, 4.69) is 21.0 Å². The Balaban J connectivity index is 1.56. The van der Waals surface area contributed by atoms with Gasteiger partial charge in [0.15, 0.2) is 11.8 Å². The maximum Gasteiger partial charge on any atom is 0.350 e. The van der Waals surface area contributed by atoms with Crippen LogP contribution in [-0.4, -0.2) is 32.9 Å². The van der Waals surface area contributed by atoms with E-state index in [4.69, 9.17) is 9.47 Å². The van der Waals surface area contributed by atoms with E-state index in [0.29, 0.717) is 11.4 Å². The number of nitrogens with zero attached hydrogens (tertiary/aromatic N) is 3. The molecule has 1 atom stereocenters. The highest BCUT2D eigenvalue weighted by molar-refractivity contribution is 9.10. The van der Waals surface area contributed by atoms with Gasteiger partial charge in [-0.15, -0.1) is 5.10 Å². The minimum absolute atomic E-state index is 0.0331. The van der Waals surface area contributed by atoms with Crippen molar-refractivity contribution >= 4 is 27.5 Å². The number of ether oxygens (including phenoxy) is 2. The van der Waals surface area contributed by atoms with Crippen LogP contribution in [0.5, 0.6) is 5.75 Å². The first kappa shape index (κ1) is 18.2. The number of hydrogen-bond donors (Lipinski definition) is 0. The van der Waals surface area contributed by atoms with Crippen molar-refractivity contribution in [3.05, 3.63) is 63.1 Å². The third-order valence-corrected chi connectivity index (χ3v) is 4.38. The largest absolute Gasteiger partial charge is 0.478 e. The molecule has 0 fully saturated rings. The molecule has 0 saturated carbocycles. The van der Waals surface area contributed by atoms with Crippen LogP contribution >= 0.6 is 15.9 Å². The van der Waals surface area contributed by atoms with Gasteiger partial charge in [-0.3, -0.25) is 4.40 Å². The van der Waals surface area contributed by atoms with Crippen LogP contribution < -0.4 is 10.4 Å². The van der Waals surface area contributed by atoms with Crippen LogP contribution in [0.2, 0.25) is 0 Å². The van der Waals surface area contributed by atoms with Crippen molar-refractivity contribution in [2.24, 2.45) is 0 Å². The molecule has 8 heteroatoms. The number of aryl methyl sites for hydroxylation is 1. The lowest BCUT2D eigenvalue weighted by atomic mass is 10.2. The summed E-state index contributed by atoms with van der Waals surface area (Å²) in [4.78, 5) is 24.2. The highest BCUT2D eigenvalue weighted by atomic mass is 79.9. The normalized spacial score (nSPS) is 12.1. The van der Waals surface area contributed by atoms with Crippen molar-refractivity contribution in [3.63, 3.8) is 0 Å². The van der Waals surface area contributed by atoms with Crippen molar-refractivity contribution in [1.29, 1.82) is 0 Å². The summed E-state index contributed by atoms with van der Waals surface area (Å²) >= 11 is 3.41. The molecule has 0 aliphatic carbocycles. The van der Waals surface area contributed by atoms with Gasteiger partial charge in [0.1, 0.15) is 12.4 Å². The van der Waals surface area contributed by atoms with Gasteiger partial charge in [0, 0.05) is 6.20 Å². The molecule has 26 heavy (non-hydrogen) atoms. The predicted octanol–water partition coefficient (Wildman–Crippen LogP) is 2.58. The predicted molar refractivity (Wildman–Crippen MR) is 99.4 cm³/mol. The van der Waals surface area contributed by atoms with E-state index in [1.807, 2.05) is 19.1 Å². The third-order valence-electron chi connectivity index (χ3n) is 3.76. The zero-order chi connectivity index (χ0) is 18.7. The van der Waals surface area contributed by atoms with Gasteiger partial charge in [-0.05, 0) is 59.6 Å². The minimum atomic E-state index is -0.771. The quantitative estimate of drug-likeness (QED) is 0.574. The van der Waals surface area contributed by atoms with Crippen molar-refractivity contribution in [2.45, 2.75) is 26.5 Å². The summed E-state index contributed by atoms with van der Waals surface area (Å²) in [6, 6.07) is 10.9. The van der Waals surface area contributed by atoms with Crippen molar-refractivity contribution < 1.29 is 14.3 Å². The molecule has 0 saturated heterocycles. The topological polar surface area (TPSA) is 74.8 Å². The van der Waals surface area contributed by atoms with Crippen LogP contribution in [0, 0.1) is 6.92 Å². The first-order chi connectivity index (χ1) is 12.5. The first-order valence-corrected chi connectivity index (χ1v) is 8.88. The smallest absolute Gasteiger partial charge is 0.350 e. The summed E-state index contributed by atoms with van der Waals surface area (Å²) in [5, 5.41) is 4.18. The molecule has 7 nitrogen and oxygen atoms in total. The Bertz CT molecular complexity index is 996. The van der Waals surface area contributed by atoms with E-state index in [-0.39, 0.29) is 18.8 Å². The molecule has 0 spiro atoms. The number of carbonyl (C=O) groups excluding carboxylic acids is 1. The Morgan fingerprint density at radius 2 is 2.12 bits per heavy atom. The highest BCUT2D eigenvalue weighted by Crippen LogP contribution is 2.26. The zero-order valence-corrected chi connectivity index (χ0v) is 16.0. The maximum atomic E-state index is 12.1. The summed E-state index contributed by atoms with van der Waals surface area (Å²) in [5.41, 5.74) is 1.35. The number of esters is 1. The van der Waals surface area contributed by atoms with E-state index in [0.717, 1.165) is 10.0 Å². The van der Waals surface area contributed by atoms with Crippen LogP contribution in [0.15, 0.2) is 51.9 Å². The minimum Gasteiger partial charge on any atom is -0.478 e. The van der Waals surface area contributed by atoms with Gasteiger partial charge in [0.2, 0.25) is 0 Å². The Hall–Kier alpha value is -2.61. The van der Waals surface area contributed by atoms with Gasteiger partial charge >= 0.3 is 11.7 Å². The standard InChI is InChI=1S/C18H18BrN3O4/c1-12-6-7-15(14(19)11-12)26-13(2)17(23)25-10-9-22-18(24)21-8-4-3-5-16(21)20-22/h3-8,11,13H,9-10H2,1-2H3. The fourth-order valence-electron chi connectivity index (χ4n) is 2.40. The number of hydrogen-bond acceptors (Lipinski definition) is 5. The molecule has 0 radical (unpaired) electrons. The van der Waals surface area contributed by atoms with Gasteiger partial charge in [0.05, 0.1) is 11.0 Å². The first-order valence-electron chi connectivity index (χ1n) is 8.09. The molecule has 136 valence electrons. The Kier molecular flexibility index (Phi) is 5.41. The van der Waals surface area contributed by atoms with E-state index >= 15 is 0 Å². The van der Waals surface area contributed by atoms with Gasteiger partial charge in [-0.25, -0.2) is 14.3 Å². The van der Waals surface area contributed by atoms with Crippen LogP contribution in [0.25, 0.3) is 5.65 Å². The monoisotopic (exact) mass is 419 g/mol. The number of pyridine rings is 1. The summed E-state index contributed by atoms with van der Waals surface area (Å²) in [6.07, 6.45) is 0.870. The van der Waals surface area contributed by atoms with Crippen molar-refractivity contribution in [2.75, 3.05) is 6.61 Å². The van der Waals surface area contributed by atoms with E-state index in [1.165, 1.54) is 9.08 Å². The molecule has 3 aromatic rings. The van der Waals surface area contributed by atoms with E-state index < -0.39 is 12.1 Å². The number of rotatable bonds is 6. The fraction of sp³-hybridized carbons (Fsp3) is 0.278. The molecule has 0 aliphatic heterocycles. The molecule has 0 aliphatic rings. The van der Waals surface area contributed by atoms with Gasteiger partial charge < -0.3 is 9.47 Å². The number of carbonyl (C=O) groups is 1. The Morgan fingerprint density at radius 1 is 1.31 bits per heavy atom. The van der Waals surface area contributed by atoms with E-state index in [9.17, 15) is 9.59 Å². The van der Waals surface area contributed by atoms with Gasteiger partial charge in [0.25, 0.3) is 0 Å². The van der Waals surface area contributed by atoms with E-state index in [1.54, 1.807) is 37.4 Å². The lowest BCUT2D eigenvalue weighted by Gasteiger charge is -2.15. The third kappa shape index (κ3) is 3.96. The molecular formula is C18H18BrN3O4. The van der Waals surface area contributed by atoms with Crippen LogP contribution in [0.1, 0.15) is 12.5 Å². The molecular weight excluding hydrogens is 402 g/mol. The SMILES string of the molecule is Cc1ccc(OC(C)C(=O)OCCn2nc3ccccn3c2=O)c(Br)c1. The average Bonchev–Trinajstić information content (AvgIpc) is 2.93. The number of aromatic nitrogens is 3. The average molecular weight is 420 g/mol. The molecule has 0 amide bonds. The Morgan fingerprint density at radius 3 is 2.85 bits per heavy atom. The molecule has 2 heterocycles. The summed E-state index contributed by atoms with van der Waals surface area (Å²) in [6.45, 7) is 3.79. The lowest BCUT2D eigenvalue weighted by molar-refractivity contribution is -0.151. The second kappa shape index (κ2) is 7.74. The number of halogens is 1. The van der Waals surface area contributed by atoms with Crippen molar-refractivity contribution in [3.8, 4) is 5.75 Å². The highest BCUT2D eigenvalue weighted by Gasteiger charge is 2.18. The Labute approximate surface area is 158 Å². The fourth-order valence-corrected chi connectivity index (χ4v) is 2.99. The van der Waals surface area contributed by atoms with Crippen molar-refractivity contribution in [1.82, 2.24) is 14.2 Å². The van der Waals surface area contributed by atoms with Gasteiger partial charge in [-0.2, -0.15) is 0 Å². The maximum absolute atomic E-state index is 12.1. The summed E-state index contributed by atoms with van der Waals surface area (Å²) < 4.78 is 14.3. The summed E-state index contributed by atoms with van der Waals surface area (Å²) in [7, 11) is 0. The molecule has 3 rings (SSSR count). The molecule has 2 aromatic heterocycles. The van der Waals surface area contributed by atoms with Crippen LogP contribution in [-0.2, 0) is 16.1 Å². The second-order valence-corrected chi connectivity index (χ2v) is 6.65. The molecule has 0 N–H and O–H groups in total. The zero-order valence-electron chi connectivity index (χ0n) is 14.4. The lowest BCUT2D eigenvalue weighted by Crippen LogP contribution is -2.29. The number of benzene rings is 1. The van der Waals surface area contributed by atoms with Crippen LogP contribution in [0.3, 0.4) is 0 Å². The molecule has 1 aromatic carbocycles. The molecule has 0 bridgehead atoms. The van der Waals surface area contributed by atoms with Crippen LogP contribution in [0.4, 0.5) is 0 Å². The second-order valence-electron chi connectivity index (χ2n) is 5.80. The molecule has 1 unspecified atom stereocenters. The van der Waals surface area contributed by atoms with Gasteiger partial charge in [-0.1, -0.05) is 12.1 Å². The number of fused-ring (bicyclic) bond motifs is 1. The summed E-state index contributed by atoms with van der Waals surface area (Å²) in [5.74, 6) is 0.0610.